The number of piperazine rings is 1. The van der Waals surface area contributed by atoms with Crippen molar-refractivity contribution in [2.45, 2.75) is 6.04 Å². The summed E-state index contributed by atoms with van der Waals surface area (Å²) in [6.45, 7) is 3.40. The van der Waals surface area contributed by atoms with E-state index < -0.39 is 0 Å². The molecule has 2 fully saturated rings. The number of morpholine rings is 1. The van der Waals surface area contributed by atoms with E-state index in [2.05, 4.69) is 15.6 Å². The van der Waals surface area contributed by atoms with Crippen LogP contribution >= 0.6 is 11.6 Å². The van der Waals surface area contributed by atoms with Gasteiger partial charge in [-0.2, -0.15) is 0 Å². The second-order valence-corrected chi connectivity index (χ2v) is 8.12. The summed E-state index contributed by atoms with van der Waals surface area (Å²) in [7, 11) is 1.73. The Kier molecular flexibility index (Phi) is 6.73. The van der Waals surface area contributed by atoms with Crippen LogP contribution in [0.5, 0.6) is 0 Å². The molecule has 2 N–H and O–H groups in total. The minimum Gasteiger partial charge on any atom is -0.378 e. The summed E-state index contributed by atoms with van der Waals surface area (Å²) >= 11 is 6.36. The Labute approximate surface area is 190 Å². The van der Waals surface area contributed by atoms with E-state index in [1.807, 2.05) is 0 Å². The Morgan fingerprint density at radius 2 is 1.94 bits per heavy atom. The highest BCUT2D eigenvalue weighted by atomic mass is 35.5. The van der Waals surface area contributed by atoms with E-state index in [0.29, 0.717) is 57.2 Å². The van der Waals surface area contributed by atoms with Gasteiger partial charge in [-0.15, -0.1) is 0 Å². The predicted octanol–water partition coefficient (Wildman–Crippen LogP) is 0.599. The number of hydrogen-bond donors (Lipinski definition) is 2. The number of carbonyl (C=O) groups is 3. The fraction of sp³-hybridized carbons (Fsp3) is 0.429. The summed E-state index contributed by atoms with van der Waals surface area (Å²) in [6, 6.07) is 4.45. The molecule has 3 amide bonds. The molecule has 10 nitrogen and oxygen atoms in total. The number of carbonyl (C=O) groups excluding carboxylic acids is 3. The van der Waals surface area contributed by atoms with Crippen molar-refractivity contribution in [2.75, 3.05) is 51.3 Å². The van der Waals surface area contributed by atoms with Gasteiger partial charge in [0, 0.05) is 57.9 Å². The molecule has 0 radical (unpaired) electrons. The quantitative estimate of drug-likeness (QED) is 0.691. The van der Waals surface area contributed by atoms with Crippen LogP contribution in [0.2, 0.25) is 5.02 Å². The molecule has 32 heavy (non-hydrogen) atoms. The molecule has 0 saturated carbocycles. The number of nitrogens with zero attached hydrogens (tertiary/aromatic N) is 4. The van der Waals surface area contributed by atoms with Gasteiger partial charge in [-0.05, 0) is 18.2 Å². The molecule has 170 valence electrons. The smallest absolute Gasteiger partial charge is 0.291 e. The van der Waals surface area contributed by atoms with E-state index in [4.69, 9.17) is 16.3 Å². The summed E-state index contributed by atoms with van der Waals surface area (Å²) in [4.78, 5) is 45.3. The maximum atomic E-state index is 13.0. The van der Waals surface area contributed by atoms with Crippen molar-refractivity contribution in [3.05, 3.63) is 47.0 Å². The van der Waals surface area contributed by atoms with E-state index in [9.17, 15) is 14.4 Å². The van der Waals surface area contributed by atoms with Crippen molar-refractivity contribution in [2.24, 2.45) is 7.05 Å². The molecule has 11 heteroatoms. The summed E-state index contributed by atoms with van der Waals surface area (Å²) in [5, 5.41) is 6.14. The third-order valence-corrected chi connectivity index (χ3v) is 5.89. The number of halogens is 1. The van der Waals surface area contributed by atoms with E-state index in [0.717, 1.165) is 0 Å². The van der Waals surface area contributed by atoms with E-state index in [1.54, 1.807) is 45.8 Å². The zero-order chi connectivity index (χ0) is 22.7. The molecular weight excluding hydrogens is 436 g/mol. The average Bonchev–Trinajstić information content (AvgIpc) is 3.25. The minimum atomic E-state index is -0.369. The van der Waals surface area contributed by atoms with Gasteiger partial charge in [0.1, 0.15) is 6.04 Å². The summed E-state index contributed by atoms with van der Waals surface area (Å²) < 4.78 is 6.97. The molecular formula is C21H25ClN6O4. The zero-order valence-electron chi connectivity index (χ0n) is 17.7. The number of ether oxygens (including phenoxy) is 1. The van der Waals surface area contributed by atoms with Crippen LogP contribution < -0.4 is 10.6 Å². The number of amides is 3. The Balaban J connectivity index is 1.35. The lowest BCUT2D eigenvalue weighted by Gasteiger charge is -2.37. The topological polar surface area (TPSA) is 109 Å². The number of benzene rings is 1. The lowest BCUT2D eigenvalue weighted by molar-refractivity contribution is -0.137. The number of imidazole rings is 1. The van der Waals surface area contributed by atoms with Crippen molar-refractivity contribution >= 4 is 35.0 Å². The predicted molar refractivity (Wildman–Crippen MR) is 118 cm³/mol. The first-order chi connectivity index (χ1) is 15.4. The number of anilines is 1. The van der Waals surface area contributed by atoms with Gasteiger partial charge in [0.25, 0.3) is 11.8 Å². The van der Waals surface area contributed by atoms with Gasteiger partial charge in [0.2, 0.25) is 5.91 Å². The number of nitrogens with one attached hydrogen (secondary N) is 2. The summed E-state index contributed by atoms with van der Waals surface area (Å²) in [6.07, 6.45) is 3.22. The molecule has 1 aromatic carbocycles. The first-order valence-corrected chi connectivity index (χ1v) is 10.8. The van der Waals surface area contributed by atoms with Gasteiger partial charge in [0.05, 0.1) is 23.8 Å². The first kappa shape index (κ1) is 22.3. The Hall–Kier alpha value is -2.95. The monoisotopic (exact) mass is 460 g/mol. The average molecular weight is 461 g/mol. The Bertz CT molecular complexity index is 1010. The van der Waals surface area contributed by atoms with Crippen LogP contribution in [0, 0.1) is 0 Å². The van der Waals surface area contributed by atoms with Crippen LogP contribution in [0.15, 0.2) is 30.6 Å². The molecule has 2 aliphatic rings. The Morgan fingerprint density at radius 3 is 2.56 bits per heavy atom. The molecule has 0 spiro atoms. The largest absolute Gasteiger partial charge is 0.378 e. The highest BCUT2D eigenvalue weighted by molar-refractivity contribution is 6.34. The lowest BCUT2D eigenvalue weighted by atomic mass is 10.1. The third-order valence-electron chi connectivity index (χ3n) is 5.58. The first-order valence-electron chi connectivity index (χ1n) is 10.4. The Morgan fingerprint density at radius 1 is 1.19 bits per heavy atom. The minimum absolute atomic E-state index is 0.00244. The number of aromatic nitrogens is 2. The van der Waals surface area contributed by atoms with Gasteiger partial charge in [-0.25, -0.2) is 4.98 Å². The standard InChI is InChI=1S/C21H25ClN6O4/c1-26-6-4-24-18(26)19(29)25-14-2-3-15(16(22)12-14)20(30)27-7-9-28(10-8-27)21(31)17-13-32-11-5-23-17/h2-4,6,12,17,23H,5,7-11,13H2,1H3,(H,25,29)/t17-/m0/s1. The molecule has 2 saturated heterocycles. The lowest BCUT2D eigenvalue weighted by Crippen LogP contribution is -2.57. The number of rotatable bonds is 4. The zero-order valence-corrected chi connectivity index (χ0v) is 18.5. The number of hydrogen-bond acceptors (Lipinski definition) is 6. The second-order valence-electron chi connectivity index (χ2n) is 7.71. The normalized spacial score (nSPS) is 19.0. The van der Waals surface area contributed by atoms with Crippen LogP contribution in [0.3, 0.4) is 0 Å². The van der Waals surface area contributed by atoms with E-state index in [1.165, 1.54) is 6.20 Å². The third kappa shape index (κ3) is 4.77. The molecule has 4 rings (SSSR count). The van der Waals surface area contributed by atoms with Crippen LogP contribution in [0.1, 0.15) is 21.0 Å². The van der Waals surface area contributed by atoms with Gasteiger partial charge < -0.3 is 29.7 Å². The fourth-order valence-electron chi connectivity index (χ4n) is 3.78. The van der Waals surface area contributed by atoms with Crippen molar-refractivity contribution in [3.63, 3.8) is 0 Å². The van der Waals surface area contributed by atoms with Gasteiger partial charge in [0.15, 0.2) is 5.82 Å². The van der Waals surface area contributed by atoms with E-state index in [-0.39, 0.29) is 34.6 Å². The molecule has 0 aliphatic carbocycles. The van der Waals surface area contributed by atoms with Crippen LogP contribution in [-0.2, 0) is 16.6 Å². The highest BCUT2D eigenvalue weighted by Crippen LogP contribution is 2.23. The molecule has 3 heterocycles. The molecule has 1 aromatic heterocycles. The van der Waals surface area contributed by atoms with Crippen molar-refractivity contribution < 1.29 is 19.1 Å². The molecule has 0 unspecified atom stereocenters. The maximum Gasteiger partial charge on any atom is 0.291 e. The van der Waals surface area contributed by atoms with Gasteiger partial charge in [-0.1, -0.05) is 11.6 Å². The van der Waals surface area contributed by atoms with Crippen molar-refractivity contribution in [1.29, 1.82) is 0 Å². The molecule has 2 aliphatic heterocycles. The van der Waals surface area contributed by atoms with Crippen molar-refractivity contribution in [3.8, 4) is 0 Å². The van der Waals surface area contributed by atoms with Crippen LogP contribution in [0.25, 0.3) is 0 Å². The fourth-order valence-corrected chi connectivity index (χ4v) is 4.04. The van der Waals surface area contributed by atoms with Gasteiger partial charge in [-0.3, -0.25) is 14.4 Å². The van der Waals surface area contributed by atoms with Gasteiger partial charge >= 0.3 is 0 Å². The highest BCUT2D eigenvalue weighted by Gasteiger charge is 2.30. The molecule has 1 atom stereocenters. The molecule has 0 bridgehead atoms. The van der Waals surface area contributed by atoms with Crippen LogP contribution in [-0.4, -0.2) is 89.1 Å². The number of aryl methyl sites for hydroxylation is 1. The van der Waals surface area contributed by atoms with Crippen molar-refractivity contribution in [1.82, 2.24) is 24.7 Å². The second kappa shape index (κ2) is 9.68. The van der Waals surface area contributed by atoms with Crippen LogP contribution in [0.4, 0.5) is 5.69 Å². The van der Waals surface area contributed by atoms with E-state index >= 15 is 0 Å². The summed E-state index contributed by atoms with van der Waals surface area (Å²) in [5.41, 5.74) is 0.820. The maximum absolute atomic E-state index is 13.0. The SMILES string of the molecule is Cn1ccnc1C(=O)Nc1ccc(C(=O)N2CCN(C(=O)[C@@H]3COCCN3)CC2)c(Cl)c1. The summed E-state index contributed by atoms with van der Waals surface area (Å²) in [5.74, 6) is -0.305. The molecule has 2 aromatic rings.